The predicted molar refractivity (Wildman–Crippen MR) is 75.9 cm³/mol. The highest BCUT2D eigenvalue weighted by Crippen LogP contribution is 2.49. The lowest BCUT2D eigenvalue weighted by Crippen LogP contribution is -2.41. The standard InChI is InChI=1S/C14H13F6N3OS/c1-12(5-3-2-4-6-12)9-7-8(15)10-21-11(22-23(9)10)25(24)14(19,20)13(16,17)18/h2-5,8-9H,6-7H2,1H3/t8-,9-,12?,25?/m0/s1. The normalized spacial score (nSPS) is 30.5. The van der Waals surface area contributed by atoms with Crippen molar-refractivity contribution in [2.75, 3.05) is 0 Å². The first-order valence-corrected chi connectivity index (χ1v) is 8.43. The van der Waals surface area contributed by atoms with Gasteiger partial charge in [0.05, 0.1) is 6.04 Å². The molecule has 0 amide bonds. The van der Waals surface area contributed by atoms with E-state index in [4.69, 9.17) is 0 Å². The largest absolute Gasteiger partial charge is 0.467 e. The van der Waals surface area contributed by atoms with Crippen LogP contribution in [0.15, 0.2) is 29.5 Å². The van der Waals surface area contributed by atoms with E-state index in [-0.39, 0.29) is 12.2 Å². The first kappa shape index (κ1) is 18.2. The summed E-state index contributed by atoms with van der Waals surface area (Å²) in [6.45, 7) is 1.79. The Morgan fingerprint density at radius 3 is 2.52 bits per heavy atom. The second-order valence-electron chi connectivity index (χ2n) is 6.20. The van der Waals surface area contributed by atoms with Gasteiger partial charge in [0.15, 0.2) is 22.8 Å². The fourth-order valence-corrected chi connectivity index (χ4v) is 3.78. The summed E-state index contributed by atoms with van der Waals surface area (Å²) in [5, 5.41) is -3.19. The molecule has 25 heavy (non-hydrogen) atoms. The van der Waals surface area contributed by atoms with Crippen molar-refractivity contribution >= 4 is 10.8 Å². The zero-order valence-corrected chi connectivity index (χ0v) is 13.6. The maximum absolute atomic E-state index is 14.2. The molecule has 1 aromatic rings. The number of halogens is 6. The molecule has 0 radical (unpaired) electrons. The number of alkyl halides is 6. The summed E-state index contributed by atoms with van der Waals surface area (Å²) in [4.78, 5) is 3.38. The van der Waals surface area contributed by atoms with Crippen molar-refractivity contribution in [3.8, 4) is 0 Å². The highest BCUT2D eigenvalue weighted by atomic mass is 32.2. The summed E-state index contributed by atoms with van der Waals surface area (Å²) in [5.41, 5.74) is -0.608. The smallest absolute Gasteiger partial charge is 0.244 e. The molecule has 4 nitrogen and oxygen atoms in total. The van der Waals surface area contributed by atoms with E-state index in [1.54, 1.807) is 25.2 Å². The second-order valence-corrected chi connectivity index (χ2v) is 7.61. The van der Waals surface area contributed by atoms with Gasteiger partial charge in [0, 0.05) is 11.8 Å². The molecule has 0 saturated heterocycles. The van der Waals surface area contributed by atoms with E-state index in [0.29, 0.717) is 6.42 Å². The maximum atomic E-state index is 14.2. The first-order chi connectivity index (χ1) is 11.5. The van der Waals surface area contributed by atoms with Gasteiger partial charge in [-0.25, -0.2) is 18.3 Å². The highest BCUT2D eigenvalue weighted by Gasteiger charge is 2.64. The number of rotatable bonds is 3. The monoisotopic (exact) mass is 385 g/mol. The van der Waals surface area contributed by atoms with Crippen LogP contribution in [0.2, 0.25) is 0 Å². The van der Waals surface area contributed by atoms with Gasteiger partial charge in [-0.15, -0.1) is 5.10 Å². The molecule has 0 N–H and O–H groups in total. The molecular weight excluding hydrogens is 372 g/mol. The number of allylic oxidation sites excluding steroid dienone is 4. The van der Waals surface area contributed by atoms with Gasteiger partial charge < -0.3 is 0 Å². The van der Waals surface area contributed by atoms with Crippen LogP contribution in [0.3, 0.4) is 0 Å². The van der Waals surface area contributed by atoms with E-state index in [2.05, 4.69) is 10.1 Å². The van der Waals surface area contributed by atoms with E-state index in [9.17, 15) is 30.6 Å². The van der Waals surface area contributed by atoms with Crippen LogP contribution in [0.1, 0.15) is 37.8 Å². The van der Waals surface area contributed by atoms with Gasteiger partial charge in [-0.05, 0) is 6.42 Å². The first-order valence-electron chi connectivity index (χ1n) is 7.28. The summed E-state index contributed by atoms with van der Waals surface area (Å²) >= 11 is 0. The molecule has 2 unspecified atom stereocenters. The average molecular weight is 385 g/mol. The Labute approximate surface area is 141 Å². The van der Waals surface area contributed by atoms with Crippen molar-refractivity contribution in [2.24, 2.45) is 5.41 Å². The molecule has 0 bridgehead atoms. The lowest BCUT2D eigenvalue weighted by atomic mass is 9.76. The Morgan fingerprint density at radius 1 is 1.28 bits per heavy atom. The van der Waals surface area contributed by atoms with Crippen molar-refractivity contribution in [3.63, 3.8) is 0 Å². The predicted octanol–water partition coefficient (Wildman–Crippen LogP) is 4.02. The zero-order valence-electron chi connectivity index (χ0n) is 12.8. The summed E-state index contributed by atoms with van der Waals surface area (Å²) in [5.74, 6) is -0.379. The van der Waals surface area contributed by atoms with E-state index in [1.165, 1.54) is 0 Å². The number of nitrogens with zero attached hydrogens (tertiary/aromatic N) is 3. The van der Waals surface area contributed by atoms with Gasteiger partial charge in [0.1, 0.15) is 0 Å². The topological polar surface area (TPSA) is 47.8 Å². The van der Waals surface area contributed by atoms with Crippen molar-refractivity contribution < 1.29 is 30.6 Å². The van der Waals surface area contributed by atoms with Crippen LogP contribution in [-0.4, -0.2) is 30.4 Å². The minimum atomic E-state index is -6.02. The van der Waals surface area contributed by atoms with Crippen LogP contribution in [0.4, 0.5) is 26.3 Å². The quantitative estimate of drug-likeness (QED) is 0.739. The van der Waals surface area contributed by atoms with Crippen LogP contribution in [0.25, 0.3) is 0 Å². The molecule has 2 aliphatic rings. The average Bonchev–Trinajstić information content (AvgIpc) is 3.07. The molecule has 4 atom stereocenters. The number of aromatic nitrogens is 3. The Kier molecular flexibility index (Phi) is 4.12. The highest BCUT2D eigenvalue weighted by molar-refractivity contribution is 7.86. The SMILES string of the molecule is CC1([C@@H]2C[C@H](F)c3nc(S(=O)C(F)(F)C(F)(F)F)nn32)C=CC=CC1. The molecule has 138 valence electrons. The second kappa shape index (κ2) is 5.68. The van der Waals surface area contributed by atoms with Gasteiger partial charge >= 0.3 is 11.4 Å². The third-order valence-electron chi connectivity index (χ3n) is 4.42. The maximum Gasteiger partial charge on any atom is 0.467 e. The Hall–Kier alpha value is -1.65. The lowest BCUT2D eigenvalue weighted by Gasteiger charge is -2.33. The Bertz CT molecular complexity index is 771. The van der Waals surface area contributed by atoms with Gasteiger partial charge in [-0.1, -0.05) is 31.2 Å². The van der Waals surface area contributed by atoms with Crippen LogP contribution in [0.5, 0.6) is 0 Å². The van der Waals surface area contributed by atoms with E-state index in [1.807, 2.05) is 6.08 Å². The molecule has 0 fully saturated rings. The molecule has 3 rings (SSSR count). The fraction of sp³-hybridized carbons (Fsp3) is 0.571. The minimum absolute atomic E-state index is 0.0351. The van der Waals surface area contributed by atoms with E-state index < -0.39 is 45.0 Å². The molecule has 11 heteroatoms. The van der Waals surface area contributed by atoms with Crippen LogP contribution in [0, 0.1) is 5.41 Å². The van der Waals surface area contributed by atoms with Gasteiger partial charge in [-0.3, -0.25) is 0 Å². The van der Waals surface area contributed by atoms with Crippen LogP contribution in [-0.2, 0) is 10.8 Å². The zero-order chi connectivity index (χ0) is 18.6. The molecule has 0 aromatic carbocycles. The minimum Gasteiger partial charge on any atom is -0.244 e. The van der Waals surface area contributed by atoms with Crippen molar-refractivity contribution in [1.29, 1.82) is 0 Å². The summed E-state index contributed by atoms with van der Waals surface area (Å²) < 4.78 is 90.5. The molecule has 1 aliphatic carbocycles. The summed E-state index contributed by atoms with van der Waals surface area (Å²) in [6.07, 6.45) is -0.0756. The fourth-order valence-electron chi connectivity index (χ4n) is 3.00. The third-order valence-corrected chi connectivity index (χ3v) is 5.62. The molecule has 0 spiro atoms. The van der Waals surface area contributed by atoms with Crippen molar-refractivity contribution in [1.82, 2.24) is 14.8 Å². The van der Waals surface area contributed by atoms with E-state index >= 15 is 0 Å². The Morgan fingerprint density at radius 2 is 1.96 bits per heavy atom. The molecular formula is C14H13F6N3OS. The lowest BCUT2D eigenvalue weighted by molar-refractivity contribution is -0.239. The molecule has 0 saturated carbocycles. The van der Waals surface area contributed by atoms with E-state index in [0.717, 1.165) is 4.68 Å². The molecule has 2 heterocycles. The third kappa shape index (κ3) is 2.81. The van der Waals surface area contributed by atoms with Gasteiger partial charge in [0.25, 0.3) is 0 Å². The summed E-state index contributed by atoms with van der Waals surface area (Å²) in [7, 11) is -3.87. The summed E-state index contributed by atoms with van der Waals surface area (Å²) in [6, 6.07) is -0.628. The van der Waals surface area contributed by atoms with Crippen LogP contribution >= 0.6 is 0 Å². The molecule has 1 aromatic heterocycles. The van der Waals surface area contributed by atoms with Gasteiger partial charge in [-0.2, -0.15) is 22.0 Å². The van der Waals surface area contributed by atoms with Crippen molar-refractivity contribution in [3.05, 3.63) is 30.1 Å². The number of fused-ring (bicyclic) bond motifs is 1. The van der Waals surface area contributed by atoms with Gasteiger partial charge in [0.2, 0.25) is 5.16 Å². The van der Waals surface area contributed by atoms with Crippen LogP contribution < -0.4 is 0 Å². The van der Waals surface area contributed by atoms with Crippen molar-refractivity contribution in [2.45, 2.75) is 48.6 Å². The molecule has 1 aliphatic heterocycles. The number of hydrogen-bond donors (Lipinski definition) is 0. The Balaban J connectivity index is 1.98. The number of hydrogen-bond acceptors (Lipinski definition) is 3.